The fourth-order valence-corrected chi connectivity index (χ4v) is 6.28. The Balaban J connectivity index is 1.34. The van der Waals surface area contributed by atoms with Crippen molar-refractivity contribution in [3.05, 3.63) is 58.5 Å². The Labute approximate surface area is 257 Å². The average molecular weight is 606 g/mol. The van der Waals surface area contributed by atoms with E-state index in [0.29, 0.717) is 30.3 Å². The summed E-state index contributed by atoms with van der Waals surface area (Å²) in [5.74, 6) is 0.443. The van der Waals surface area contributed by atoms with Crippen LogP contribution in [-0.2, 0) is 27.9 Å². The van der Waals surface area contributed by atoms with Gasteiger partial charge < -0.3 is 19.3 Å². The highest BCUT2D eigenvalue weighted by atomic mass is 16.6. The summed E-state index contributed by atoms with van der Waals surface area (Å²) >= 11 is 0. The quantitative estimate of drug-likeness (QED) is 0.369. The molecule has 11 nitrogen and oxygen atoms in total. The van der Waals surface area contributed by atoms with Gasteiger partial charge in [0.05, 0.1) is 30.4 Å². The van der Waals surface area contributed by atoms with Crippen LogP contribution in [0.1, 0.15) is 58.1 Å². The Hall–Kier alpha value is -4.28. The summed E-state index contributed by atoms with van der Waals surface area (Å²) in [7, 11) is 5.32. The molecule has 2 aliphatic heterocycles. The Morgan fingerprint density at radius 2 is 1.68 bits per heavy atom. The van der Waals surface area contributed by atoms with Gasteiger partial charge >= 0.3 is 11.8 Å². The zero-order valence-corrected chi connectivity index (χ0v) is 26.5. The molecule has 0 saturated carbocycles. The minimum absolute atomic E-state index is 0.137. The lowest BCUT2D eigenvalue weighted by atomic mass is 9.96. The largest absolute Gasteiger partial charge is 0.497 e. The van der Waals surface area contributed by atoms with Crippen molar-refractivity contribution in [2.45, 2.75) is 64.6 Å². The third kappa shape index (κ3) is 6.32. The first-order valence-corrected chi connectivity index (χ1v) is 15.2. The Bertz CT molecular complexity index is 1590. The molecule has 0 bridgehead atoms. The van der Waals surface area contributed by atoms with Gasteiger partial charge in [0.2, 0.25) is 5.91 Å². The number of aromatic nitrogens is 2. The van der Waals surface area contributed by atoms with Gasteiger partial charge in [-0.2, -0.15) is 0 Å². The summed E-state index contributed by atoms with van der Waals surface area (Å²) in [5.41, 5.74) is 2.30. The van der Waals surface area contributed by atoms with Crippen molar-refractivity contribution in [3.63, 3.8) is 0 Å². The van der Waals surface area contributed by atoms with Crippen LogP contribution in [0.15, 0.2) is 47.3 Å². The molecule has 11 heteroatoms. The first-order chi connectivity index (χ1) is 20.9. The van der Waals surface area contributed by atoms with Gasteiger partial charge in [0.1, 0.15) is 17.4 Å². The summed E-state index contributed by atoms with van der Waals surface area (Å²) < 4.78 is 13.9. The van der Waals surface area contributed by atoms with Crippen molar-refractivity contribution in [2.75, 3.05) is 38.7 Å². The number of methoxy groups -OCH3 is 1. The summed E-state index contributed by atoms with van der Waals surface area (Å²) in [4.78, 5) is 58.0. The molecule has 3 amide bonds. The second-order valence-corrected chi connectivity index (χ2v) is 12.9. The highest BCUT2D eigenvalue weighted by molar-refractivity contribution is 6.00. The van der Waals surface area contributed by atoms with Crippen molar-refractivity contribution >= 4 is 34.6 Å². The summed E-state index contributed by atoms with van der Waals surface area (Å²) in [5, 5.41) is 0. The molecule has 3 aromatic rings. The number of carbonyl (C=O) groups excluding carboxylic acids is 3. The fraction of sp³-hybridized carbons (Fsp3) is 0.515. The number of likely N-dealkylation sites (tertiary alicyclic amines) is 2. The van der Waals surface area contributed by atoms with Gasteiger partial charge in [-0.25, -0.2) is 9.59 Å². The van der Waals surface area contributed by atoms with Gasteiger partial charge in [-0.3, -0.25) is 23.6 Å². The topological polar surface area (TPSA) is 106 Å². The lowest BCUT2D eigenvalue weighted by Gasteiger charge is -2.35. The van der Waals surface area contributed by atoms with Gasteiger partial charge in [-0.1, -0.05) is 18.2 Å². The molecule has 2 fully saturated rings. The van der Waals surface area contributed by atoms with E-state index in [2.05, 4.69) is 4.90 Å². The SMILES string of the molecule is COc1ccc(CN2C(=O)CCC(n3c(=O)n(C)c4c(N(C)CC5CCN(C(=O)OC(C)(C)C)CC5)cccc43)C2=O)cc1. The van der Waals surface area contributed by atoms with Crippen molar-refractivity contribution < 1.29 is 23.9 Å². The summed E-state index contributed by atoms with van der Waals surface area (Å²) in [6.07, 6.45) is 1.89. The van der Waals surface area contributed by atoms with Crippen LogP contribution in [0, 0.1) is 5.92 Å². The molecule has 5 rings (SSSR count). The number of imidazole rings is 1. The van der Waals surface area contributed by atoms with E-state index >= 15 is 0 Å². The van der Waals surface area contributed by atoms with Gasteiger partial charge in [-0.15, -0.1) is 0 Å². The number of carbonyl (C=O) groups is 3. The molecular weight excluding hydrogens is 562 g/mol. The lowest BCUT2D eigenvalue weighted by Crippen LogP contribution is -2.47. The van der Waals surface area contributed by atoms with Crippen molar-refractivity contribution in [1.82, 2.24) is 18.9 Å². The van der Waals surface area contributed by atoms with Gasteiger partial charge in [0.15, 0.2) is 0 Å². The lowest BCUT2D eigenvalue weighted by molar-refractivity contribution is -0.151. The minimum Gasteiger partial charge on any atom is -0.497 e. The Morgan fingerprint density at radius 1 is 1.00 bits per heavy atom. The number of fused-ring (bicyclic) bond motifs is 1. The number of amides is 3. The number of benzene rings is 2. The zero-order chi connectivity index (χ0) is 31.8. The van der Waals surface area contributed by atoms with Crippen LogP contribution in [0.3, 0.4) is 0 Å². The third-order valence-corrected chi connectivity index (χ3v) is 8.59. The molecule has 0 aliphatic carbocycles. The molecule has 0 radical (unpaired) electrons. The third-order valence-electron chi connectivity index (χ3n) is 8.59. The molecule has 3 heterocycles. The van der Waals surface area contributed by atoms with Crippen molar-refractivity contribution in [1.29, 1.82) is 0 Å². The Kier molecular flexibility index (Phi) is 8.76. The van der Waals surface area contributed by atoms with E-state index in [1.807, 2.05) is 58.2 Å². The molecule has 0 spiro atoms. The number of aryl methyl sites for hydroxylation is 1. The normalized spacial score (nSPS) is 18.2. The van der Waals surface area contributed by atoms with E-state index in [4.69, 9.17) is 9.47 Å². The van der Waals surface area contributed by atoms with Crippen LogP contribution >= 0.6 is 0 Å². The number of hydrogen-bond acceptors (Lipinski definition) is 7. The number of para-hydroxylation sites is 1. The van der Waals surface area contributed by atoms with E-state index in [1.165, 1.54) is 4.90 Å². The molecule has 2 aliphatic rings. The van der Waals surface area contributed by atoms with Crippen LogP contribution in [0.5, 0.6) is 5.75 Å². The van der Waals surface area contributed by atoms with E-state index in [0.717, 1.165) is 36.2 Å². The highest BCUT2D eigenvalue weighted by Crippen LogP contribution is 2.32. The van der Waals surface area contributed by atoms with Crippen molar-refractivity contribution in [3.8, 4) is 5.75 Å². The smallest absolute Gasteiger partial charge is 0.410 e. The zero-order valence-electron chi connectivity index (χ0n) is 26.5. The molecule has 236 valence electrons. The fourth-order valence-electron chi connectivity index (χ4n) is 6.28. The number of anilines is 1. The maximum absolute atomic E-state index is 13.8. The molecular formula is C33H43N5O6. The molecule has 2 aromatic carbocycles. The minimum atomic E-state index is -0.778. The standard InChI is InChI=1S/C33H43N5O6/c1-33(2,3)44-32(42)36-18-16-23(17-19-36)20-34(4)25-8-7-9-26-29(25)35(5)31(41)38(26)27-14-15-28(39)37(30(27)40)21-22-10-12-24(43-6)13-11-22/h7-13,23,27H,14-21H2,1-6H3. The number of nitrogens with zero attached hydrogens (tertiary/aromatic N) is 5. The number of ether oxygens (including phenoxy) is 2. The number of rotatable bonds is 7. The molecule has 1 atom stereocenters. The summed E-state index contributed by atoms with van der Waals surface area (Å²) in [6.45, 7) is 7.79. The second kappa shape index (κ2) is 12.4. The van der Waals surface area contributed by atoms with Gasteiger partial charge in [0.25, 0.3) is 5.91 Å². The van der Waals surface area contributed by atoms with Crippen LogP contribution in [-0.4, -0.2) is 76.2 Å². The molecule has 2 saturated heterocycles. The van der Waals surface area contributed by atoms with Crippen LogP contribution < -0.4 is 15.3 Å². The van der Waals surface area contributed by atoms with E-state index in [1.54, 1.807) is 40.3 Å². The van der Waals surface area contributed by atoms with E-state index in [9.17, 15) is 19.2 Å². The van der Waals surface area contributed by atoms with Crippen molar-refractivity contribution in [2.24, 2.45) is 13.0 Å². The van der Waals surface area contributed by atoms with Crippen LogP contribution in [0.2, 0.25) is 0 Å². The summed E-state index contributed by atoms with van der Waals surface area (Å²) in [6, 6.07) is 12.2. The molecule has 1 aromatic heterocycles. The molecule has 0 N–H and O–H groups in total. The second-order valence-electron chi connectivity index (χ2n) is 12.9. The number of piperidine rings is 2. The Morgan fingerprint density at radius 3 is 2.32 bits per heavy atom. The van der Waals surface area contributed by atoms with Crippen LogP contribution in [0.25, 0.3) is 11.0 Å². The monoisotopic (exact) mass is 605 g/mol. The predicted octanol–water partition coefficient (Wildman–Crippen LogP) is 4.32. The van der Waals surface area contributed by atoms with E-state index in [-0.39, 0.29) is 43.0 Å². The van der Waals surface area contributed by atoms with Gasteiger partial charge in [0, 0.05) is 40.2 Å². The number of imide groups is 1. The maximum Gasteiger partial charge on any atom is 0.410 e. The maximum atomic E-state index is 13.8. The van der Waals surface area contributed by atoms with Gasteiger partial charge in [-0.05, 0) is 75.8 Å². The molecule has 1 unspecified atom stereocenters. The first-order valence-electron chi connectivity index (χ1n) is 15.2. The average Bonchev–Trinajstić information content (AvgIpc) is 3.24. The number of hydrogen-bond donors (Lipinski definition) is 0. The predicted molar refractivity (Wildman–Crippen MR) is 168 cm³/mol. The van der Waals surface area contributed by atoms with E-state index < -0.39 is 11.6 Å². The first kappa shape index (κ1) is 31.2. The van der Waals surface area contributed by atoms with Crippen LogP contribution in [0.4, 0.5) is 10.5 Å². The highest BCUT2D eigenvalue weighted by Gasteiger charge is 2.38. The molecule has 44 heavy (non-hydrogen) atoms.